The van der Waals surface area contributed by atoms with Crippen LogP contribution in [0.4, 0.5) is 0 Å². The van der Waals surface area contributed by atoms with Gasteiger partial charge in [-0.25, -0.2) is 0 Å². The van der Waals surface area contributed by atoms with Crippen LogP contribution in [0.1, 0.15) is 32.3 Å². The number of hydrogen-bond acceptors (Lipinski definition) is 3. The molecule has 3 nitrogen and oxygen atoms in total. The van der Waals surface area contributed by atoms with Gasteiger partial charge in [-0.1, -0.05) is 19.9 Å². The third-order valence-corrected chi connectivity index (χ3v) is 3.70. The molecule has 1 fully saturated rings. The molecule has 0 radical (unpaired) electrons. The van der Waals surface area contributed by atoms with Crippen molar-refractivity contribution in [3.05, 3.63) is 23.8 Å². The molecule has 1 N–H and O–H groups in total. The Morgan fingerprint density at radius 3 is 2.33 bits per heavy atom. The Morgan fingerprint density at radius 2 is 1.83 bits per heavy atom. The number of methoxy groups -OCH3 is 2. The molecule has 0 unspecified atom stereocenters. The van der Waals surface area contributed by atoms with E-state index in [-0.39, 0.29) is 0 Å². The van der Waals surface area contributed by atoms with E-state index in [0.717, 1.165) is 18.0 Å². The summed E-state index contributed by atoms with van der Waals surface area (Å²) in [6.07, 6.45) is 2.50. The molecule has 18 heavy (non-hydrogen) atoms. The maximum Gasteiger partial charge on any atom is 0.161 e. The van der Waals surface area contributed by atoms with Gasteiger partial charge in [0.05, 0.1) is 14.2 Å². The molecule has 0 atom stereocenters. The smallest absolute Gasteiger partial charge is 0.161 e. The summed E-state index contributed by atoms with van der Waals surface area (Å²) in [5, 5.41) is 3.54. The van der Waals surface area contributed by atoms with Crippen molar-refractivity contribution < 1.29 is 9.47 Å². The van der Waals surface area contributed by atoms with Gasteiger partial charge in [0.2, 0.25) is 0 Å². The summed E-state index contributed by atoms with van der Waals surface area (Å²) in [6.45, 7) is 5.41. The molecule has 0 spiro atoms. The van der Waals surface area contributed by atoms with Crippen LogP contribution in [0, 0.1) is 0 Å². The highest BCUT2D eigenvalue weighted by atomic mass is 16.5. The van der Waals surface area contributed by atoms with Gasteiger partial charge in [0.25, 0.3) is 0 Å². The van der Waals surface area contributed by atoms with Crippen molar-refractivity contribution in [2.45, 2.75) is 38.1 Å². The molecular weight excluding hydrogens is 226 g/mol. The lowest BCUT2D eigenvalue weighted by Gasteiger charge is -2.20. The first kappa shape index (κ1) is 13.2. The van der Waals surface area contributed by atoms with Crippen LogP contribution in [0.25, 0.3) is 0 Å². The second-order valence-electron chi connectivity index (χ2n) is 5.39. The zero-order chi connectivity index (χ0) is 13.2. The maximum absolute atomic E-state index is 5.38. The van der Waals surface area contributed by atoms with Gasteiger partial charge >= 0.3 is 0 Å². The van der Waals surface area contributed by atoms with E-state index in [2.05, 4.69) is 31.3 Å². The summed E-state index contributed by atoms with van der Waals surface area (Å²) in [7, 11) is 3.36. The van der Waals surface area contributed by atoms with Gasteiger partial charge in [-0.05, 0) is 30.5 Å². The van der Waals surface area contributed by atoms with Crippen LogP contribution in [-0.2, 0) is 5.41 Å². The second-order valence-corrected chi connectivity index (χ2v) is 5.39. The third-order valence-electron chi connectivity index (χ3n) is 3.70. The highest BCUT2D eigenvalue weighted by Gasteiger charge is 2.44. The molecule has 1 aliphatic carbocycles. The van der Waals surface area contributed by atoms with E-state index in [4.69, 9.17) is 9.47 Å². The van der Waals surface area contributed by atoms with E-state index in [1.54, 1.807) is 14.2 Å². The molecule has 1 aliphatic rings. The standard InChI is InChI=1S/C15H23NO2/c1-11(2)16-10-15(7-8-15)12-5-6-13(17-3)14(9-12)18-4/h5-6,9,11,16H,7-8,10H2,1-4H3. The molecule has 0 heterocycles. The van der Waals surface area contributed by atoms with Crippen LogP contribution >= 0.6 is 0 Å². The normalized spacial score (nSPS) is 16.7. The molecule has 1 aromatic carbocycles. The first-order valence-corrected chi connectivity index (χ1v) is 6.57. The topological polar surface area (TPSA) is 30.5 Å². The monoisotopic (exact) mass is 249 g/mol. The number of rotatable bonds is 6. The molecular formula is C15H23NO2. The summed E-state index contributed by atoms with van der Waals surface area (Å²) >= 11 is 0. The average molecular weight is 249 g/mol. The Bertz CT molecular complexity index is 411. The molecule has 0 amide bonds. The molecule has 0 aromatic heterocycles. The fourth-order valence-electron chi connectivity index (χ4n) is 2.28. The minimum atomic E-state index is 0.309. The van der Waals surface area contributed by atoms with Crippen LogP contribution in [0.5, 0.6) is 11.5 Å². The number of nitrogens with one attached hydrogen (secondary N) is 1. The lowest BCUT2D eigenvalue weighted by molar-refractivity contribution is 0.354. The SMILES string of the molecule is COc1ccc(C2(CNC(C)C)CC2)cc1OC. The van der Waals surface area contributed by atoms with Crippen molar-refractivity contribution in [2.24, 2.45) is 0 Å². The highest BCUT2D eigenvalue weighted by molar-refractivity contribution is 5.47. The first-order valence-electron chi connectivity index (χ1n) is 6.57. The quantitative estimate of drug-likeness (QED) is 0.841. The van der Waals surface area contributed by atoms with Crippen molar-refractivity contribution in [1.29, 1.82) is 0 Å². The Kier molecular flexibility index (Phi) is 3.81. The van der Waals surface area contributed by atoms with E-state index in [0.29, 0.717) is 11.5 Å². The summed E-state index contributed by atoms with van der Waals surface area (Å²) in [5.74, 6) is 1.62. The van der Waals surface area contributed by atoms with Crippen molar-refractivity contribution in [3.8, 4) is 11.5 Å². The lowest BCUT2D eigenvalue weighted by atomic mass is 9.95. The number of hydrogen-bond donors (Lipinski definition) is 1. The van der Waals surface area contributed by atoms with Crippen LogP contribution in [0.2, 0.25) is 0 Å². The third kappa shape index (κ3) is 2.61. The highest BCUT2D eigenvalue weighted by Crippen LogP contribution is 2.49. The lowest BCUT2D eigenvalue weighted by Crippen LogP contribution is -2.32. The largest absolute Gasteiger partial charge is 0.493 e. The fraction of sp³-hybridized carbons (Fsp3) is 0.600. The predicted octanol–water partition coefficient (Wildman–Crippen LogP) is 2.73. The summed E-state index contributed by atoms with van der Waals surface area (Å²) in [4.78, 5) is 0. The number of ether oxygens (including phenoxy) is 2. The molecule has 0 saturated heterocycles. The Labute approximate surface area is 109 Å². The molecule has 0 bridgehead atoms. The maximum atomic E-state index is 5.38. The summed E-state index contributed by atoms with van der Waals surface area (Å²) in [6, 6.07) is 6.82. The van der Waals surface area contributed by atoms with Gasteiger partial charge in [-0.3, -0.25) is 0 Å². The second kappa shape index (κ2) is 5.19. The molecule has 2 rings (SSSR count). The van der Waals surface area contributed by atoms with E-state index >= 15 is 0 Å². The number of benzene rings is 1. The van der Waals surface area contributed by atoms with Crippen LogP contribution in [0.3, 0.4) is 0 Å². The Hall–Kier alpha value is -1.22. The van der Waals surface area contributed by atoms with E-state index in [1.165, 1.54) is 18.4 Å². The molecule has 1 aromatic rings. The zero-order valence-electron chi connectivity index (χ0n) is 11.7. The molecule has 100 valence electrons. The molecule has 0 aliphatic heterocycles. The van der Waals surface area contributed by atoms with Gasteiger partial charge < -0.3 is 14.8 Å². The van der Waals surface area contributed by atoms with Crippen LogP contribution in [0.15, 0.2) is 18.2 Å². The van der Waals surface area contributed by atoms with Crippen molar-refractivity contribution in [3.63, 3.8) is 0 Å². The van der Waals surface area contributed by atoms with Gasteiger partial charge in [0.1, 0.15) is 0 Å². The summed E-state index contributed by atoms with van der Waals surface area (Å²) < 4.78 is 10.7. The predicted molar refractivity (Wildman–Crippen MR) is 73.6 cm³/mol. The van der Waals surface area contributed by atoms with E-state index < -0.39 is 0 Å². The first-order chi connectivity index (χ1) is 8.61. The Morgan fingerprint density at radius 1 is 1.17 bits per heavy atom. The minimum Gasteiger partial charge on any atom is -0.493 e. The van der Waals surface area contributed by atoms with Crippen molar-refractivity contribution in [2.75, 3.05) is 20.8 Å². The van der Waals surface area contributed by atoms with Gasteiger partial charge in [0, 0.05) is 18.0 Å². The fourth-order valence-corrected chi connectivity index (χ4v) is 2.28. The van der Waals surface area contributed by atoms with Crippen molar-refractivity contribution >= 4 is 0 Å². The van der Waals surface area contributed by atoms with E-state index in [1.807, 2.05) is 6.07 Å². The minimum absolute atomic E-state index is 0.309. The zero-order valence-corrected chi connectivity index (χ0v) is 11.7. The van der Waals surface area contributed by atoms with E-state index in [9.17, 15) is 0 Å². The molecule has 1 saturated carbocycles. The average Bonchev–Trinajstić information content (AvgIpc) is 3.16. The summed E-state index contributed by atoms with van der Waals surface area (Å²) in [5.41, 5.74) is 1.66. The van der Waals surface area contributed by atoms with Gasteiger partial charge in [-0.15, -0.1) is 0 Å². The van der Waals surface area contributed by atoms with Crippen molar-refractivity contribution in [1.82, 2.24) is 5.32 Å². The van der Waals surface area contributed by atoms with Crippen LogP contribution in [-0.4, -0.2) is 26.8 Å². The van der Waals surface area contributed by atoms with Gasteiger partial charge in [0.15, 0.2) is 11.5 Å². The Balaban J connectivity index is 2.18. The van der Waals surface area contributed by atoms with Gasteiger partial charge in [-0.2, -0.15) is 0 Å². The molecule has 3 heteroatoms. The van der Waals surface area contributed by atoms with Crippen LogP contribution < -0.4 is 14.8 Å².